The summed E-state index contributed by atoms with van der Waals surface area (Å²) in [7, 11) is 3.70. The van der Waals surface area contributed by atoms with Crippen LogP contribution < -0.4 is 0 Å². The zero-order chi connectivity index (χ0) is 27.4. The van der Waals surface area contributed by atoms with Crippen LogP contribution in [0.15, 0.2) is 0 Å². The molecule has 0 saturated carbocycles. The van der Waals surface area contributed by atoms with Gasteiger partial charge in [-0.1, -0.05) is 27.7 Å². The molecule has 2 heterocycles. The maximum Gasteiger partial charge on any atom is 0.313 e. The highest BCUT2D eigenvalue weighted by Crippen LogP contribution is 2.36. The topological polar surface area (TPSA) is 97.7 Å². The predicted octanol–water partition coefficient (Wildman–Crippen LogP) is 3.82. The van der Waals surface area contributed by atoms with Gasteiger partial charge in [-0.25, -0.2) is 0 Å². The molecule has 212 valence electrons. The summed E-state index contributed by atoms with van der Waals surface area (Å²) >= 11 is 0. The fraction of sp³-hybridized carbons (Fsp3) is 0.964. The van der Waals surface area contributed by atoms with E-state index in [0.29, 0.717) is 18.3 Å². The largest absolute Gasteiger partial charge is 0.435 e. The van der Waals surface area contributed by atoms with Crippen LogP contribution in [0.1, 0.15) is 81.1 Å². The van der Waals surface area contributed by atoms with Gasteiger partial charge in [0.15, 0.2) is 6.29 Å². The standard InChI is InChI=1S/C28H53NO7/c1-16-11-17(2)15-29(9)20(5)13-19(4)26(31)36-27(32)21(6)24(18(3)12-16)35-23-14-28(8,33-10)25(30)22(7)34-23/h16-26,30-31H,11-15H2,1-10H3/t16?,17?,18?,19?,20?,21?,22-,23-,24?,25-,26?,28+/m0/s1. The first-order chi connectivity index (χ1) is 16.7. The summed E-state index contributed by atoms with van der Waals surface area (Å²) in [5.74, 6) is -0.254. The summed E-state index contributed by atoms with van der Waals surface area (Å²) in [4.78, 5) is 15.5. The number of aliphatic hydroxyl groups excluding tert-OH is 2. The molecule has 0 amide bonds. The second-order valence-electron chi connectivity index (χ2n) is 12.3. The predicted molar refractivity (Wildman–Crippen MR) is 139 cm³/mol. The smallest absolute Gasteiger partial charge is 0.313 e. The third-order valence-corrected chi connectivity index (χ3v) is 8.58. The van der Waals surface area contributed by atoms with E-state index < -0.39 is 48.4 Å². The Bertz CT molecular complexity index is 693. The molecule has 0 aromatic rings. The fourth-order valence-electron chi connectivity index (χ4n) is 6.12. The molecule has 12 atom stereocenters. The van der Waals surface area contributed by atoms with Crippen LogP contribution >= 0.6 is 0 Å². The molecular formula is C28H53NO7. The lowest BCUT2D eigenvalue weighted by Gasteiger charge is -2.45. The van der Waals surface area contributed by atoms with Gasteiger partial charge in [-0.3, -0.25) is 4.79 Å². The van der Waals surface area contributed by atoms with Crippen molar-refractivity contribution in [1.29, 1.82) is 0 Å². The molecule has 8 unspecified atom stereocenters. The summed E-state index contributed by atoms with van der Waals surface area (Å²) in [6.07, 6.45) is -0.508. The van der Waals surface area contributed by atoms with E-state index in [9.17, 15) is 15.0 Å². The molecule has 2 fully saturated rings. The average molecular weight is 516 g/mol. The number of nitrogens with zero attached hydrogens (tertiary/aromatic N) is 1. The first-order valence-electron chi connectivity index (χ1n) is 13.8. The van der Waals surface area contributed by atoms with Crippen molar-refractivity contribution in [3.05, 3.63) is 0 Å². The van der Waals surface area contributed by atoms with Gasteiger partial charge in [-0.2, -0.15) is 0 Å². The molecule has 0 aliphatic carbocycles. The molecule has 2 aliphatic heterocycles. The zero-order valence-corrected chi connectivity index (χ0v) is 24.3. The van der Waals surface area contributed by atoms with Gasteiger partial charge in [0, 0.05) is 32.0 Å². The Kier molecular flexibility index (Phi) is 11.7. The summed E-state index contributed by atoms with van der Waals surface area (Å²) in [5, 5.41) is 21.3. The highest BCUT2D eigenvalue weighted by molar-refractivity contribution is 5.72. The molecule has 2 rings (SSSR count). The minimum absolute atomic E-state index is 0.0469. The third-order valence-electron chi connectivity index (χ3n) is 8.58. The molecule has 36 heavy (non-hydrogen) atoms. The highest BCUT2D eigenvalue weighted by atomic mass is 16.7. The van der Waals surface area contributed by atoms with Gasteiger partial charge in [-0.15, -0.1) is 0 Å². The number of carbonyl (C=O) groups is 1. The quantitative estimate of drug-likeness (QED) is 0.548. The molecule has 0 aromatic carbocycles. The Balaban J connectivity index is 2.29. The van der Waals surface area contributed by atoms with Crippen LogP contribution in [0.3, 0.4) is 0 Å². The first kappa shape index (κ1) is 31.4. The van der Waals surface area contributed by atoms with Crippen molar-refractivity contribution in [2.24, 2.45) is 29.6 Å². The molecule has 2 aliphatic rings. The van der Waals surface area contributed by atoms with E-state index in [0.717, 1.165) is 25.8 Å². The number of carbonyl (C=O) groups excluding carboxylic acids is 1. The van der Waals surface area contributed by atoms with Crippen molar-refractivity contribution >= 4 is 5.97 Å². The van der Waals surface area contributed by atoms with Crippen LogP contribution in [0.4, 0.5) is 0 Å². The van der Waals surface area contributed by atoms with E-state index in [1.54, 1.807) is 21.0 Å². The maximum atomic E-state index is 13.2. The summed E-state index contributed by atoms with van der Waals surface area (Å²) in [5.41, 5.74) is -0.813. The average Bonchev–Trinajstić information content (AvgIpc) is 2.79. The van der Waals surface area contributed by atoms with Crippen molar-refractivity contribution in [1.82, 2.24) is 4.90 Å². The molecule has 2 saturated heterocycles. The summed E-state index contributed by atoms with van der Waals surface area (Å²) < 4.78 is 23.7. The number of aliphatic hydroxyl groups is 2. The zero-order valence-electron chi connectivity index (χ0n) is 24.3. The van der Waals surface area contributed by atoms with Gasteiger partial charge in [0.1, 0.15) is 6.10 Å². The van der Waals surface area contributed by atoms with Crippen molar-refractivity contribution in [3.63, 3.8) is 0 Å². The van der Waals surface area contributed by atoms with E-state index in [1.165, 1.54) is 0 Å². The van der Waals surface area contributed by atoms with Crippen LogP contribution in [-0.4, -0.2) is 84.3 Å². The molecule has 0 spiro atoms. The van der Waals surface area contributed by atoms with Gasteiger partial charge in [-0.05, 0) is 71.8 Å². The molecule has 8 heteroatoms. The maximum absolute atomic E-state index is 13.2. The molecule has 8 nitrogen and oxygen atoms in total. The van der Waals surface area contributed by atoms with E-state index in [2.05, 4.69) is 39.6 Å². The van der Waals surface area contributed by atoms with Crippen LogP contribution in [0, 0.1) is 29.6 Å². The second-order valence-corrected chi connectivity index (χ2v) is 12.3. The molecular weight excluding hydrogens is 462 g/mol. The Labute approximate surface area is 219 Å². The van der Waals surface area contributed by atoms with Crippen LogP contribution in [0.2, 0.25) is 0 Å². The highest BCUT2D eigenvalue weighted by Gasteiger charge is 2.47. The van der Waals surface area contributed by atoms with Gasteiger partial charge in [0.25, 0.3) is 0 Å². The fourth-order valence-corrected chi connectivity index (χ4v) is 6.12. The lowest BCUT2D eigenvalue weighted by molar-refractivity contribution is -0.296. The van der Waals surface area contributed by atoms with Crippen molar-refractivity contribution < 1.29 is 34.0 Å². The Hall–Kier alpha value is -0.770. The number of cyclic esters (lactones) is 1. The van der Waals surface area contributed by atoms with Crippen LogP contribution in [-0.2, 0) is 23.7 Å². The van der Waals surface area contributed by atoms with Crippen molar-refractivity contribution in [2.45, 2.75) is 124 Å². The minimum Gasteiger partial charge on any atom is -0.435 e. The number of hydrogen-bond acceptors (Lipinski definition) is 8. The lowest BCUT2D eigenvalue weighted by Crippen LogP contribution is -2.57. The van der Waals surface area contributed by atoms with Gasteiger partial charge in [0.2, 0.25) is 6.29 Å². The Morgan fingerprint density at radius 3 is 2.22 bits per heavy atom. The van der Waals surface area contributed by atoms with E-state index in [4.69, 9.17) is 18.9 Å². The van der Waals surface area contributed by atoms with Gasteiger partial charge in [0.05, 0.1) is 23.7 Å². The van der Waals surface area contributed by atoms with E-state index in [1.807, 2.05) is 13.8 Å². The molecule has 0 radical (unpaired) electrons. The molecule has 0 bridgehead atoms. The minimum atomic E-state index is -1.17. The number of rotatable bonds is 3. The number of hydrogen-bond donors (Lipinski definition) is 2. The lowest BCUT2D eigenvalue weighted by atomic mass is 9.83. The second kappa shape index (κ2) is 13.3. The van der Waals surface area contributed by atoms with Gasteiger partial charge < -0.3 is 34.1 Å². The van der Waals surface area contributed by atoms with Gasteiger partial charge >= 0.3 is 5.97 Å². The summed E-state index contributed by atoms with van der Waals surface area (Å²) in [6, 6.07) is 0.263. The summed E-state index contributed by atoms with van der Waals surface area (Å²) in [6.45, 7) is 17.2. The SMILES string of the molecule is CO[C@]1(C)C[C@H](OC2C(C)CC(C)CC(C)CN(C)C(C)CC(C)C(O)OC(=O)C2C)O[C@@H](C)[C@@H]1O. The Morgan fingerprint density at radius 1 is 0.972 bits per heavy atom. The van der Waals surface area contributed by atoms with Crippen LogP contribution in [0.25, 0.3) is 0 Å². The normalized spacial score (nSPS) is 47.0. The molecule has 2 N–H and O–H groups in total. The van der Waals surface area contributed by atoms with E-state index in [-0.39, 0.29) is 17.9 Å². The Morgan fingerprint density at radius 2 is 1.61 bits per heavy atom. The number of ether oxygens (including phenoxy) is 4. The first-order valence-corrected chi connectivity index (χ1v) is 13.8. The molecule has 0 aromatic heterocycles. The van der Waals surface area contributed by atoms with Crippen LogP contribution in [0.5, 0.6) is 0 Å². The van der Waals surface area contributed by atoms with Crippen molar-refractivity contribution in [2.75, 3.05) is 20.7 Å². The monoisotopic (exact) mass is 515 g/mol. The van der Waals surface area contributed by atoms with E-state index >= 15 is 0 Å². The number of methoxy groups -OCH3 is 1. The van der Waals surface area contributed by atoms with Crippen molar-refractivity contribution in [3.8, 4) is 0 Å². The third kappa shape index (κ3) is 8.11. The number of esters is 1.